The van der Waals surface area contributed by atoms with Gasteiger partial charge in [0.1, 0.15) is 17.3 Å². The normalized spacial score (nSPS) is 11.7. The van der Waals surface area contributed by atoms with Gasteiger partial charge in [0, 0.05) is 17.3 Å². The SMILES string of the molecule is CCOC(=O)c1c(C)[nH]c(C(=O)OCC(=O)N[C@H](C)c2ccc(F)cc2F)c1C. The Balaban J connectivity index is 1.99. The van der Waals surface area contributed by atoms with E-state index >= 15 is 0 Å². The van der Waals surface area contributed by atoms with E-state index in [2.05, 4.69) is 10.3 Å². The highest BCUT2D eigenvalue weighted by molar-refractivity contribution is 5.99. The molecule has 0 saturated heterocycles. The first kappa shape index (κ1) is 22.1. The molecule has 156 valence electrons. The zero-order chi connectivity index (χ0) is 21.7. The largest absolute Gasteiger partial charge is 0.462 e. The second kappa shape index (κ2) is 9.31. The maximum atomic E-state index is 13.8. The fourth-order valence-electron chi connectivity index (χ4n) is 2.88. The van der Waals surface area contributed by atoms with Gasteiger partial charge < -0.3 is 19.8 Å². The first-order chi connectivity index (χ1) is 13.6. The van der Waals surface area contributed by atoms with Gasteiger partial charge in [-0.1, -0.05) is 6.07 Å². The molecular weight excluding hydrogens is 386 g/mol. The number of ether oxygens (including phenoxy) is 2. The highest BCUT2D eigenvalue weighted by Crippen LogP contribution is 2.20. The van der Waals surface area contributed by atoms with Gasteiger partial charge in [-0.25, -0.2) is 18.4 Å². The molecule has 1 aromatic carbocycles. The van der Waals surface area contributed by atoms with Crippen molar-refractivity contribution in [3.05, 3.63) is 57.9 Å². The minimum absolute atomic E-state index is 0.0379. The number of aryl methyl sites for hydroxylation is 1. The van der Waals surface area contributed by atoms with Crippen LogP contribution in [0.3, 0.4) is 0 Å². The van der Waals surface area contributed by atoms with E-state index in [1.165, 1.54) is 13.0 Å². The summed E-state index contributed by atoms with van der Waals surface area (Å²) in [6.07, 6.45) is 0. The topological polar surface area (TPSA) is 97.5 Å². The lowest BCUT2D eigenvalue weighted by Gasteiger charge is -2.15. The van der Waals surface area contributed by atoms with E-state index in [-0.39, 0.29) is 23.4 Å². The van der Waals surface area contributed by atoms with Crippen molar-refractivity contribution in [2.75, 3.05) is 13.2 Å². The molecule has 0 unspecified atom stereocenters. The minimum atomic E-state index is -0.822. The Morgan fingerprint density at radius 1 is 1.14 bits per heavy atom. The van der Waals surface area contributed by atoms with E-state index in [0.29, 0.717) is 11.3 Å². The quantitative estimate of drug-likeness (QED) is 0.686. The lowest BCUT2D eigenvalue weighted by molar-refractivity contribution is -0.124. The molecule has 0 radical (unpaired) electrons. The molecule has 0 bridgehead atoms. The Kier molecular flexibility index (Phi) is 7.08. The van der Waals surface area contributed by atoms with E-state index in [0.717, 1.165) is 12.1 Å². The van der Waals surface area contributed by atoms with Crippen molar-refractivity contribution in [2.45, 2.75) is 33.7 Å². The third-order valence-corrected chi connectivity index (χ3v) is 4.26. The molecule has 1 heterocycles. The summed E-state index contributed by atoms with van der Waals surface area (Å²) in [7, 11) is 0. The van der Waals surface area contributed by atoms with Gasteiger partial charge in [-0.2, -0.15) is 0 Å². The summed E-state index contributed by atoms with van der Waals surface area (Å²) >= 11 is 0. The summed E-state index contributed by atoms with van der Waals surface area (Å²) in [4.78, 5) is 39.0. The maximum absolute atomic E-state index is 13.8. The molecule has 29 heavy (non-hydrogen) atoms. The monoisotopic (exact) mass is 408 g/mol. The standard InChI is InChI=1S/C20H22F2N2O5/c1-5-28-19(26)17-10(2)18(24-12(17)4)20(27)29-9-16(25)23-11(3)14-7-6-13(21)8-15(14)22/h6-8,11,24H,5,9H2,1-4H3,(H,23,25)/t11-/m1/s1. The van der Waals surface area contributed by atoms with Crippen molar-refractivity contribution in [3.63, 3.8) is 0 Å². The summed E-state index contributed by atoms with van der Waals surface area (Å²) in [6, 6.07) is 2.27. The van der Waals surface area contributed by atoms with Crippen molar-refractivity contribution < 1.29 is 32.6 Å². The van der Waals surface area contributed by atoms with Gasteiger partial charge >= 0.3 is 11.9 Å². The molecule has 1 aromatic heterocycles. The first-order valence-corrected chi connectivity index (χ1v) is 8.93. The second-order valence-corrected chi connectivity index (χ2v) is 6.38. The van der Waals surface area contributed by atoms with Gasteiger partial charge in [0.05, 0.1) is 18.2 Å². The van der Waals surface area contributed by atoms with Gasteiger partial charge in [-0.05, 0) is 39.3 Å². The average molecular weight is 408 g/mol. The van der Waals surface area contributed by atoms with Crippen LogP contribution in [0.25, 0.3) is 0 Å². The molecule has 0 saturated carbocycles. The van der Waals surface area contributed by atoms with Crippen molar-refractivity contribution in [2.24, 2.45) is 0 Å². The van der Waals surface area contributed by atoms with Gasteiger partial charge in [0.25, 0.3) is 5.91 Å². The number of benzene rings is 1. The van der Waals surface area contributed by atoms with Gasteiger partial charge in [0.15, 0.2) is 6.61 Å². The van der Waals surface area contributed by atoms with Crippen LogP contribution >= 0.6 is 0 Å². The highest BCUT2D eigenvalue weighted by Gasteiger charge is 2.24. The number of aromatic amines is 1. The third kappa shape index (κ3) is 5.18. The highest BCUT2D eigenvalue weighted by atomic mass is 19.1. The number of hydrogen-bond donors (Lipinski definition) is 2. The molecule has 9 heteroatoms. The Morgan fingerprint density at radius 2 is 1.83 bits per heavy atom. The smallest absolute Gasteiger partial charge is 0.355 e. The third-order valence-electron chi connectivity index (χ3n) is 4.26. The van der Waals surface area contributed by atoms with E-state index in [1.807, 2.05) is 0 Å². The Bertz CT molecular complexity index is 939. The Hall–Kier alpha value is -3.23. The van der Waals surface area contributed by atoms with Crippen LogP contribution < -0.4 is 5.32 Å². The molecular formula is C20H22F2N2O5. The molecule has 0 aliphatic carbocycles. The molecule has 1 atom stereocenters. The maximum Gasteiger partial charge on any atom is 0.355 e. The summed E-state index contributed by atoms with van der Waals surface area (Å²) < 4.78 is 36.7. The number of aromatic nitrogens is 1. The van der Waals surface area contributed by atoms with E-state index in [9.17, 15) is 23.2 Å². The van der Waals surface area contributed by atoms with Crippen LogP contribution in [0.1, 0.15) is 57.6 Å². The van der Waals surface area contributed by atoms with E-state index in [4.69, 9.17) is 9.47 Å². The molecule has 2 rings (SSSR count). The number of H-pyrrole nitrogens is 1. The average Bonchev–Trinajstić information content (AvgIpc) is 2.94. The zero-order valence-electron chi connectivity index (χ0n) is 16.5. The van der Waals surface area contributed by atoms with Crippen molar-refractivity contribution in [1.29, 1.82) is 0 Å². The van der Waals surface area contributed by atoms with Crippen LogP contribution in [0, 0.1) is 25.5 Å². The molecule has 1 amide bonds. The number of esters is 2. The van der Waals surface area contributed by atoms with Crippen LogP contribution in [0.15, 0.2) is 18.2 Å². The molecule has 2 N–H and O–H groups in total. The first-order valence-electron chi connectivity index (χ1n) is 8.93. The molecule has 2 aromatic rings. The summed E-state index contributed by atoms with van der Waals surface area (Å²) in [6.45, 7) is 5.93. The zero-order valence-corrected chi connectivity index (χ0v) is 16.5. The summed E-state index contributed by atoms with van der Waals surface area (Å²) in [5, 5.41) is 2.47. The lowest BCUT2D eigenvalue weighted by Crippen LogP contribution is -2.31. The van der Waals surface area contributed by atoms with Crippen molar-refractivity contribution in [1.82, 2.24) is 10.3 Å². The predicted molar refractivity (Wildman–Crippen MR) is 99.4 cm³/mol. The number of halogens is 2. The summed E-state index contributed by atoms with van der Waals surface area (Å²) in [5.74, 6) is -3.57. The molecule has 0 fully saturated rings. The number of carbonyl (C=O) groups excluding carboxylic acids is 3. The number of amides is 1. The van der Waals surface area contributed by atoms with Gasteiger partial charge in [0.2, 0.25) is 0 Å². The van der Waals surface area contributed by atoms with Crippen LogP contribution in [0.2, 0.25) is 0 Å². The van der Waals surface area contributed by atoms with Crippen molar-refractivity contribution >= 4 is 17.8 Å². The Labute approximate surface area is 166 Å². The number of hydrogen-bond acceptors (Lipinski definition) is 5. The van der Waals surface area contributed by atoms with Crippen LogP contribution in [-0.4, -0.2) is 36.0 Å². The van der Waals surface area contributed by atoms with E-state index in [1.54, 1.807) is 20.8 Å². The minimum Gasteiger partial charge on any atom is -0.462 e. The predicted octanol–water partition coefficient (Wildman–Crippen LogP) is 3.12. The molecule has 0 aliphatic heterocycles. The molecule has 0 aliphatic rings. The van der Waals surface area contributed by atoms with Crippen LogP contribution in [0.4, 0.5) is 8.78 Å². The van der Waals surface area contributed by atoms with Crippen LogP contribution in [-0.2, 0) is 14.3 Å². The van der Waals surface area contributed by atoms with Gasteiger partial charge in [-0.15, -0.1) is 0 Å². The molecule has 7 nitrogen and oxygen atoms in total. The lowest BCUT2D eigenvalue weighted by atomic mass is 10.1. The number of nitrogens with one attached hydrogen (secondary N) is 2. The fourth-order valence-corrected chi connectivity index (χ4v) is 2.88. The van der Waals surface area contributed by atoms with Crippen molar-refractivity contribution in [3.8, 4) is 0 Å². The Morgan fingerprint density at radius 3 is 2.45 bits per heavy atom. The summed E-state index contributed by atoms with van der Waals surface area (Å²) in [5.41, 5.74) is 1.17. The molecule has 0 spiro atoms. The van der Waals surface area contributed by atoms with Gasteiger partial charge in [-0.3, -0.25) is 4.79 Å². The second-order valence-electron chi connectivity index (χ2n) is 6.38. The number of rotatable bonds is 7. The fraction of sp³-hybridized carbons (Fsp3) is 0.350. The van der Waals surface area contributed by atoms with E-state index < -0.39 is 42.1 Å². The number of carbonyl (C=O) groups is 3. The van der Waals surface area contributed by atoms with Crippen LogP contribution in [0.5, 0.6) is 0 Å².